The predicted octanol–water partition coefficient (Wildman–Crippen LogP) is 6.43. The van der Waals surface area contributed by atoms with E-state index in [0.29, 0.717) is 24.2 Å². The number of rotatable bonds is 8. The van der Waals surface area contributed by atoms with E-state index in [0.717, 1.165) is 49.4 Å². The fourth-order valence-corrected chi connectivity index (χ4v) is 5.35. The number of ether oxygens (including phenoxy) is 1. The summed E-state index contributed by atoms with van der Waals surface area (Å²) in [5, 5.41) is 9.29. The van der Waals surface area contributed by atoms with E-state index < -0.39 is 17.1 Å². The molecule has 1 unspecified atom stereocenters. The molecule has 4 rings (SSSR count). The number of aliphatic hydroxyl groups is 1. The summed E-state index contributed by atoms with van der Waals surface area (Å²) in [6, 6.07) is 16.0. The largest absolute Gasteiger partial charge is 0.612 e. The first kappa shape index (κ1) is 26.9. The molecule has 37 heavy (non-hydrogen) atoms. The molecule has 0 aromatic heterocycles. The molecule has 192 valence electrons. The molecule has 1 atom stereocenters. The molecule has 3 aromatic carbocycles. The van der Waals surface area contributed by atoms with Gasteiger partial charge in [0, 0.05) is 6.61 Å². The van der Waals surface area contributed by atoms with Crippen LogP contribution in [-0.4, -0.2) is 28.5 Å². The van der Waals surface area contributed by atoms with Crippen LogP contribution in [0.3, 0.4) is 0 Å². The molecule has 1 N–H and O–H groups in total. The summed E-state index contributed by atoms with van der Waals surface area (Å²) in [6.45, 7) is 5.92. The summed E-state index contributed by atoms with van der Waals surface area (Å²) in [7, 11) is 0. The van der Waals surface area contributed by atoms with Gasteiger partial charge in [-0.3, -0.25) is 4.79 Å². The highest BCUT2D eigenvalue weighted by atomic mass is 32.2. The first-order valence-electron chi connectivity index (χ1n) is 12.2. The number of esters is 1. The summed E-state index contributed by atoms with van der Waals surface area (Å²) in [5.41, 5.74) is 7.92. The maximum Gasteiger partial charge on any atom is 0.315 e. The van der Waals surface area contributed by atoms with Gasteiger partial charge in [0.2, 0.25) is 0 Å². The van der Waals surface area contributed by atoms with Crippen molar-refractivity contribution in [1.29, 1.82) is 0 Å². The lowest BCUT2D eigenvalue weighted by atomic mass is 10.00. The number of allylic oxidation sites excluding steroid dienone is 2. The third-order valence-electron chi connectivity index (χ3n) is 6.68. The van der Waals surface area contributed by atoms with E-state index >= 15 is 0 Å². The molecule has 1 aliphatic carbocycles. The Morgan fingerprint density at radius 3 is 2.46 bits per heavy atom. The van der Waals surface area contributed by atoms with Crippen LogP contribution < -0.4 is 4.74 Å². The molecule has 0 fully saturated rings. The molecule has 3 aromatic rings. The zero-order chi connectivity index (χ0) is 26.7. The van der Waals surface area contributed by atoms with Crippen LogP contribution in [0, 0.1) is 19.7 Å². The minimum absolute atomic E-state index is 0.000188. The Morgan fingerprint density at radius 2 is 1.78 bits per heavy atom. The molecular formula is C31H31FO4S. The molecule has 0 saturated heterocycles. The Morgan fingerprint density at radius 1 is 1.05 bits per heavy atom. The van der Waals surface area contributed by atoms with Crippen molar-refractivity contribution in [3.63, 3.8) is 0 Å². The Kier molecular flexibility index (Phi) is 8.32. The Hall–Kier alpha value is -3.19. The van der Waals surface area contributed by atoms with E-state index in [4.69, 9.17) is 4.74 Å². The van der Waals surface area contributed by atoms with Crippen molar-refractivity contribution in [2.24, 2.45) is 0 Å². The second-order valence-corrected chi connectivity index (χ2v) is 10.8. The van der Waals surface area contributed by atoms with Crippen LogP contribution >= 0.6 is 0 Å². The van der Waals surface area contributed by atoms with Gasteiger partial charge in [-0.15, -0.1) is 0 Å². The van der Waals surface area contributed by atoms with Crippen molar-refractivity contribution in [1.82, 2.24) is 0 Å². The first-order chi connectivity index (χ1) is 17.7. The van der Waals surface area contributed by atoms with Crippen LogP contribution in [0.1, 0.15) is 53.1 Å². The van der Waals surface area contributed by atoms with Crippen molar-refractivity contribution < 1.29 is 23.6 Å². The minimum Gasteiger partial charge on any atom is -0.612 e. The predicted molar refractivity (Wildman–Crippen MR) is 147 cm³/mol. The molecule has 0 heterocycles. The van der Waals surface area contributed by atoms with E-state index in [9.17, 15) is 18.8 Å². The zero-order valence-corrected chi connectivity index (χ0v) is 22.4. The van der Waals surface area contributed by atoms with Gasteiger partial charge >= 0.3 is 5.97 Å². The second-order valence-electron chi connectivity index (χ2n) is 9.41. The van der Waals surface area contributed by atoms with Crippen LogP contribution in [0.15, 0.2) is 65.1 Å². The quantitative estimate of drug-likeness (QED) is 0.212. The zero-order valence-electron chi connectivity index (χ0n) is 21.6. The number of carbonyl (C=O) groups is 1. The summed E-state index contributed by atoms with van der Waals surface area (Å²) in [4.78, 5) is 13.9. The minimum atomic E-state index is -1.06. The molecule has 0 spiro atoms. The number of hydrogen-bond acceptors (Lipinski definition) is 4. The number of hydrogen-bond donors (Lipinski definition) is 1. The number of aliphatic hydroxyl groups excluding tert-OH is 1. The van der Waals surface area contributed by atoms with Gasteiger partial charge in [0.15, 0.2) is 4.90 Å². The molecular weight excluding hydrogens is 487 g/mol. The van der Waals surface area contributed by atoms with Crippen LogP contribution in [0.2, 0.25) is 0 Å². The molecule has 0 saturated carbocycles. The van der Waals surface area contributed by atoms with Crippen molar-refractivity contribution in [3.8, 4) is 5.75 Å². The fraction of sp³-hybridized carbons (Fsp3) is 0.258. The average molecular weight is 519 g/mol. The smallest absolute Gasteiger partial charge is 0.315 e. The normalized spacial score (nSPS) is 14.7. The van der Waals surface area contributed by atoms with Gasteiger partial charge in [-0.1, -0.05) is 12.1 Å². The van der Waals surface area contributed by atoms with E-state index in [1.54, 1.807) is 12.3 Å². The van der Waals surface area contributed by atoms with Gasteiger partial charge in [0.1, 0.15) is 17.8 Å². The molecule has 0 bridgehead atoms. The Bertz CT molecular complexity index is 1390. The average Bonchev–Trinajstić information content (AvgIpc) is 3.09. The SMILES string of the molecule is CC1=C(CC(=O)Oc2cc(C)cc(C)c2CCCO)c2cc(F)ccc2/C1=C\c1ccc([S+](C)[O-])cc1. The summed E-state index contributed by atoms with van der Waals surface area (Å²) in [6.07, 6.45) is 4.83. The number of carbonyl (C=O) groups excluding carboxylic acids is 1. The van der Waals surface area contributed by atoms with Gasteiger partial charge in [0.05, 0.1) is 6.42 Å². The lowest BCUT2D eigenvalue weighted by molar-refractivity contribution is -0.133. The molecule has 6 heteroatoms. The number of aryl methyl sites for hydroxylation is 2. The van der Waals surface area contributed by atoms with Crippen molar-refractivity contribution in [2.75, 3.05) is 12.9 Å². The number of fused-ring (bicyclic) bond motifs is 1. The highest BCUT2D eigenvalue weighted by molar-refractivity contribution is 7.90. The summed E-state index contributed by atoms with van der Waals surface area (Å²) in [5.74, 6) is -0.277. The lowest BCUT2D eigenvalue weighted by Gasteiger charge is -2.14. The molecule has 0 radical (unpaired) electrons. The van der Waals surface area contributed by atoms with E-state index in [1.165, 1.54) is 12.1 Å². The van der Waals surface area contributed by atoms with Gasteiger partial charge in [-0.05, 0) is 143 Å². The lowest BCUT2D eigenvalue weighted by Crippen LogP contribution is -2.11. The van der Waals surface area contributed by atoms with Crippen molar-refractivity contribution in [3.05, 3.63) is 99.4 Å². The van der Waals surface area contributed by atoms with E-state index in [1.807, 2.05) is 63.2 Å². The maximum atomic E-state index is 14.3. The Labute approximate surface area is 220 Å². The molecule has 0 aliphatic heterocycles. The van der Waals surface area contributed by atoms with Gasteiger partial charge in [-0.2, -0.15) is 0 Å². The monoisotopic (exact) mass is 518 g/mol. The second kappa shape index (κ2) is 11.5. The fourth-order valence-electron chi connectivity index (χ4n) is 4.83. The summed E-state index contributed by atoms with van der Waals surface area (Å²) < 4.78 is 31.9. The maximum absolute atomic E-state index is 14.3. The number of benzene rings is 3. The topological polar surface area (TPSA) is 69.6 Å². The molecule has 4 nitrogen and oxygen atoms in total. The van der Waals surface area contributed by atoms with Crippen LogP contribution in [-0.2, 0) is 22.4 Å². The standard InChI is InChI=1S/C31H31FO4S/c1-19-14-20(2)25(6-5-13-33)30(15-19)36-31(34)18-28-21(3)27(26-12-9-23(32)17-29(26)28)16-22-7-10-24(11-8-22)37(4)35/h7-12,14-17,33H,5-6,13,18H2,1-4H3/b27-16-. The van der Waals surface area contributed by atoms with Crippen LogP contribution in [0.25, 0.3) is 17.2 Å². The molecule has 0 amide bonds. The Balaban J connectivity index is 1.66. The van der Waals surface area contributed by atoms with Gasteiger partial charge < -0.3 is 14.4 Å². The van der Waals surface area contributed by atoms with Crippen molar-refractivity contribution in [2.45, 2.75) is 44.9 Å². The van der Waals surface area contributed by atoms with Crippen LogP contribution in [0.4, 0.5) is 4.39 Å². The van der Waals surface area contributed by atoms with Crippen molar-refractivity contribution >= 4 is 34.4 Å². The third kappa shape index (κ3) is 6.04. The first-order valence-corrected chi connectivity index (χ1v) is 13.8. The van der Waals surface area contributed by atoms with Gasteiger partial charge in [0.25, 0.3) is 0 Å². The summed E-state index contributed by atoms with van der Waals surface area (Å²) >= 11 is -1.06. The highest BCUT2D eigenvalue weighted by Gasteiger charge is 2.27. The highest BCUT2D eigenvalue weighted by Crippen LogP contribution is 2.44. The third-order valence-corrected chi connectivity index (χ3v) is 7.62. The van der Waals surface area contributed by atoms with E-state index in [-0.39, 0.29) is 18.8 Å². The van der Waals surface area contributed by atoms with E-state index in [2.05, 4.69) is 0 Å². The number of halogens is 1. The van der Waals surface area contributed by atoms with Crippen LogP contribution in [0.5, 0.6) is 5.75 Å². The molecule has 1 aliphatic rings. The van der Waals surface area contributed by atoms with Gasteiger partial charge in [-0.25, -0.2) is 4.39 Å².